The molecule has 0 saturated heterocycles. The van der Waals surface area contributed by atoms with E-state index >= 15 is 0 Å². The van der Waals surface area contributed by atoms with Crippen LogP contribution in [0.5, 0.6) is 5.75 Å². The molecule has 156 valence electrons. The molecular formula is C26H40O2. The summed E-state index contributed by atoms with van der Waals surface area (Å²) in [6, 6.07) is 8.16. The van der Waals surface area contributed by atoms with E-state index in [-0.39, 0.29) is 0 Å². The van der Waals surface area contributed by atoms with Gasteiger partial charge in [0.1, 0.15) is 11.5 Å². The molecule has 2 heteroatoms. The number of Topliss-reactive ketones (excluding diaryl/α,β-unsaturated/α-hetero) is 1. The molecule has 0 N–H and O–H groups in total. The number of benzene rings is 1. The van der Waals surface area contributed by atoms with Gasteiger partial charge in [0.15, 0.2) is 0 Å². The Morgan fingerprint density at radius 3 is 2.07 bits per heavy atom. The second-order valence-electron chi connectivity index (χ2n) is 9.29. The Bertz CT molecular complexity index is 575. The monoisotopic (exact) mass is 384 g/mol. The summed E-state index contributed by atoms with van der Waals surface area (Å²) in [5.41, 5.74) is 1.13. The van der Waals surface area contributed by atoms with E-state index in [0.29, 0.717) is 18.1 Å². The van der Waals surface area contributed by atoms with E-state index in [1.165, 1.54) is 44.9 Å². The lowest BCUT2D eigenvalue weighted by Gasteiger charge is -2.37. The van der Waals surface area contributed by atoms with Crippen LogP contribution in [0.15, 0.2) is 24.3 Å². The van der Waals surface area contributed by atoms with Crippen LogP contribution in [0, 0.1) is 23.7 Å². The summed E-state index contributed by atoms with van der Waals surface area (Å²) in [5.74, 6) is 4.48. The van der Waals surface area contributed by atoms with Crippen LogP contribution >= 0.6 is 0 Å². The van der Waals surface area contributed by atoms with Gasteiger partial charge in [-0.25, -0.2) is 0 Å². The summed E-state index contributed by atoms with van der Waals surface area (Å²) in [5, 5.41) is 0. The Morgan fingerprint density at radius 1 is 0.893 bits per heavy atom. The molecule has 0 amide bonds. The van der Waals surface area contributed by atoms with Gasteiger partial charge in [-0.05, 0) is 80.4 Å². The standard InChI is InChI=1S/C26H40O2/c1-3-5-18-28-25-16-8-21(9-17-25)19-26(27)24-14-12-23(13-15-24)22-10-6-20(4-2)7-11-22/h8-9,16-17,20,22-24H,3-7,10-15,18-19H2,1-2H3. The summed E-state index contributed by atoms with van der Waals surface area (Å²) in [7, 11) is 0. The zero-order chi connectivity index (χ0) is 19.8. The largest absolute Gasteiger partial charge is 0.494 e. The number of hydrogen-bond donors (Lipinski definition) is 0. The lowest BCUT2D eigenvalue weighted by Crippen LogP contribution is -2.28. The van der Waals surface area contributed by atoms with Gasteiger partial charge in [-0.3, -0.25) is 4.79 Å². The van der Waals surface area contributed by atoms with Crippen LogP contribution in [0.25, 0.3) is 0 Å². The first-order chi connectivity index (χ1) is 13.7. The fraction of sp³-hybridized carbons (Fsp3) is 0.731. The van der Waals surface area contributed by atoms with Crippen molar-refractivity contribution in [3.63, 3.8) is 0 Å². The molecule has 2 nitrogen and oxygen atoms in total. The minimum Gasteiger partial charge on any atom is -0.494 e. The van der Waals surface area contributed by atoms with Gasteiger partial charge in [-0.15, -0.1) is 0 Å². The molecule has 0 radical (unpaired) electrons. The second kappa shape index (κ2) is 11.0. The Morgan fingerprint density at radius 2 is 1.50 bits per heavy atom. The van der Waals surface area contributed by atoms with E-state index in [9.17, 15) is 4.79 Å². The third kappa shape index (κ3) is 6.09. The quantitative estimate of drug-likeness (QED) is 0.428. The molecule has 0 bridgehead atoms. The SMILES string of the molecule is CCCCOc1ccc(CC(=O)C2CCC(C3CCC(CC)CC3)CC2)cc1. The summed E-state index contributed by atoms with van der Waals surface area (Å²) >= 11 is 0. The van der Waals surface area contributed by atoms with Gasteiger partial charge in [-0.2, -0.15) is 0 Å². The van der Waals surface area contributed by atoms with Gasteiger partial charge in [0, 0.05) is 12.3 Å². The summed E-state index contributed by atoms with van der Waals surface area (Å²) < 4.78 is 5.72. The van der Waals surface area contributed by atoms with Gasteiger partial charge >= 0.3 is 0 Å². The van der Waals surface area contributed by atoms with Crippen molar-refractivity contribution < 1.29 is 9.53 Å². The fourth-order valence-corrected chi connectivity index (χ4v) is 5.36. The maximum atomic E-state index is 12.8. The lowest BCUT2D eigenvalue weighted by molar-refractivity contribution is -0.123. The van der Waals surface area contributed by atoms with Crippen molar-refractivity contribution in [2.24, 2.45) is 23.7 Å². The Kier molecular flexibility index (Phi) is 8.43. The molecule has 1 aromatic carbocycles. The van der Waals surface area contributed by atoms with Gasteiger partial charge < -0.3 is 4.74 Å². The van der Waals surface area contributed by atoms with Crippen molar-refractivity contribution >= 4 is 5.78 Å². The molecule has 0 atom stereocenters. The highest BCUT2D eigenvalue weighted by molar-refractivity contribution is 5.83. The molecule has 0 unspecified atom stereocenters. The lowest BCUT2D eigenvalue weighted by atomic mass is 9.68. The third-order valence-corrected chi connectivity index (χ3v) is 7.43. The van der Waals surface area contributed by atoms with E-state index < -0.39 is 0 Å². The number of rotatable bonds is 9. The van der Waals surface area contributed by atoms with Crippen LogP contribution < -0.4 is 4.74 Å². The van der Waals surface area contributed by atoms with Crippen molar-refractivity contribution in [2.75, 3.05) is 6.61 Å². The van der Waals surface area contributed by atoms with Crippen molar-refractivity contribution in [3.05, 3.63) is 29.8 Å². The van der Waals surface area contributed by atoms with E-state index in [0.717, 1.165) is 61.4 Å². The van der Waals surface area contributed by atoms with Gasteiger partial charge in [0.05, 0.1) is 6.61 Å². The van der Waals surface area contributed by atoms with Crippen LogP contribution in [0.4, 0.5) is 0 Å². The number of hydrogen-bond acceptors (Lipinski definition) is 2. The molecule has 1 aromatic rings. The second-order valence-corrected chi connectivity index (χ2v) is 9.29. The van der Waals surface area contributed by atoms with E-state index in [1.807, 2.05) is 12.1 Å². The molecule has 0 aromatic heterocycles. The molecule has 2 aliphatic rings. The van der Waals surface area contributed by atoms with Gasteiger partial charge in [0.25, 0.3) is 0 Å². The molecule has 0 aliphatic heterocycles. The normalized spacial score (nSPS) is 28.1. The fourth-order valence-electron chi connectivity index (χ4n) is 5.36. The average Bonchev–Trinajstić information content (AvgIpc) is 2.75. The molecular weight excluding hydrogens is 344 g/mol. The number of ether oxygens (including phenoxy) is 1. The van der Waals surface area contributed by atoms with Gasteiger partial charge in [-0.1, -0.05) is 51.7 Å². The molecule has 2 saturated carbocycles. The Labute approximate surface area is 172 Å². The highest BCUT2D eigenvalue weighted by Gasteiger charge is 2.32. The minimum absolute atomic E-state index is 0.295. The topological polar surface area (TPSA) is 26.3 Å². The number of carbonyl (C=O) groups excluding carboxylic acids is 1. The predicted octanol–water partition coefficient (Wildman–Crippen LogP) is 7.00. The molecule has 0 spiro atoms. The van der Waals surface area contributed by atoms with E-state index in [1.54, 1.807) is 0 Å². The van der Waals surface area contributed by atoms with Crippen molar-refractivity contribution in [1.29, 1.82) is 0 Å². The Hall–Kier alpha value is -1.31. The molecule has 0 heterocycles. The highest BCUT2D eigenvalue weighted by atomic mass is 16.5. The zero-order valence-electron chi connectivity index (χ0n) is 18.1. The average molecular weight is 385 g/mol. The Balaban J connectivity index is 1.40. The van der Waals surface area contributed by atoms with Crippen molar-refractivity contribution in [1.82, 2.24) is 0 Å². The maximum absolute atomic E-state index is 12.8. The third-order valence-electron chi connectivity index (χ3n) is 7.43. The van der Waals surface area contributed by atoms with Crippen LogP contribution in [0.3, 0.4) is 0 Å². The summed E-state index contributed by atoms with van der Waals surface area (Å²) in [4.78, 5) is 12.8. The van der Waals surface area contributed by atoms with Crippen LogP contribution in [-0.4, -0.2) is 12.4 Å². The van der Waals surface area contributed by atoms with Crippen LogP contribution in [0.2, 0.25) is 0 Å². The summed E-state index contributed by atoms with van der Waals surface area (Å²) in [6.07, 6.45) is 14.7. The van der Waals surface area contributed by atoms with Crippen LogP contribution in [0.1, 0.15) is 90.0 Å². The maximum Gasteiger partial charge on any atom is 0.140 e. The van der Waals surface area contributed by atoms with Crippen LogP contribution in [-0.2, 0) is 11.2 Å². The van der Waals surface area contributed by atoms with Crippen molar-refractivity contribution in [3.8, 4) is 5.75 Å². The number of unbranched alkanes of at least 4 members (excludes halogenated alkanes) is 1. The molecule has 2 aliphatic carbocycles. The first-order valence-corrected chi connectivity index (χ1v) is 11.9. The highest BCUT2D eigenvalue weighted by Crippen LogP contribution is 2.42. The van der Waals surface area contributed by atoms with E-state index in [2.05, 4.69) is 26.0 Å². The molecule has 28 heavy (non-hydrogen) atoms. The summed E-state index contributed by atoms with van der Waals surface area (Å²) in [6.45, 7) is 5.29. The molecule has 3 rings (SSSR count). The molecule has 2 fully saturated rings. The first-order valence-electron chi connectivity index (χ1n) is 11.9. The van der Waals surface area contributed by atoms with Crippen molar-refractivity contribution in [2.45, 2.75) is 90.9 Å². The predicted molar refractivity (Wildman–Crippen MR) is 117 cm³/mol. The first kappa shape index (κ1) is 21.4. The van der Waals surface area contributed by atoms with Gasteiger partial charge in [0.2, 0.25) is 0 Å². The number of ketones is 1. The zero-order valence-corrected chi connectivity index (χ0v) is 18.1. The minimum atomic E-state index is 0.295. The number of carbonyl (C=O) groups is 1. The smallest absolute Gasteiger partial charge is 0.140 e. The van der Waals surface area contributed by atoms with E-state index in [4.69, 9.17) is 4.74 Å².